The van der Waals surface area contributed by atoms with Gasteiger partial charge in [0.1, 0.15) is 11.9 Å². The second-order valence-electron chi connectivity index (χ2n) is 10.4. The summed E-state index contributed by atoms with van der Waals surface area (Å²) in [7, 11) is -0.726. The molecule has 218 valence electrons. The van der Waals surface area contributed by atoms with E-state index in [0.717, 1.165) is 12.0 Å². The quantitative estimate of drug-likeness (QED) is 0.387. The number of alkyl carbamates (subject to hydrolysis) is 1. The van der Waals surface area contributed by atoms with Crippen molar-refractivity contribution in [1.82, 2.24) is 9.62 Å². The highest BCUT2D eigenvalue weighted by molar-refractivity contribution is 7.89. The summed E-state index contributed by atoms with van der Waals surface area (Å²) in [5.41, 5.74) is 1.49. The predicted octanol–water partition coefficient (Wildman–Crippen LogP) is 3.51. The van der Waals surface area contributed by atoms with E-state index in [0.29, 0.717) is 24.5 Å². The van der Waals surface area contributed by atoms with Crippen LogP contribution < -0.4 is 10.1 Å². The van der Waals surface area contributed by atoms with Gasteiger partial charge in [0.15, 0.2) is 6.29 Å². The Morgan fingerprint density at radius 1 is 1.12 bits per heavy atom. The predicted molar refractivity (Wildman–Crippen MR) is 151 cm³/mol. The molecule has 2 fully saturated rings. The molecule has 2 heterocycles. The molecule has 0 saturated carbocycles. The van der Waals surface area contributed by atoms with Crippen molar-refractivity contribution in [2.75, 3.05) is 40.5 Å². The zero-order valence-electron chi connectivity index (χ0n) is 23.5. The number of amides is 1. The molecule has 4 rings (SSSR count). The van der Waals surface area contributed by atoms with Gasteiger partial charge in [0.25, 0.3) is 0 Å². The van der Waals surface area contributed by atoms with Gasteiger partial charge in [-0.2, -0.15) is 4.31 Å². The molecule has 0 spiro atoms. The Hall–Kier alpha value is -2.99. The number of hydrogen-bond donors (Lipinski definition) is 1. The van der Waals surface area contributed by atoms with Crippen molar-refractivity contribution in [3.8, 4) is 5.75 Å². The second kappa shape index (κ2) is 13.6. The monoisotopic (exact) mass is 573 g/mol. The van der Waals surface area contributed by atoms with Crippen molar-refractivity contribution in [1.29, 1.82) is 0 Å². The molecule has 0 radical (unpaired) electrons. The normalized spacial score (nSPS) is 21.9. The van der Waals surface area contributed by atoms with Gasteiger partial charge in [0, 0.05) is 19.3 Å². The number of fused-ring (bicyclic) bond motifs is 1. The number of nitrogens with zero attached hydrogens (tertiary/aromatic N) is 2. The fraction of sp³-hybridized carbons (Fsp3) is 0.517. The van der Waals surface area contributed by atoms with Gasteiger partial charge in [0.05, 0.1) is 43.7 Å². The zero-order chi connectivity index (χ0) is 28.7. The van der Waals surface area contributed by atoms with Crippen LogP contribution in [-0.2, 0) is 30.7 Å². The van der Waals surface area contributed by atoms with E-state index in [4.69, 9.17) is 18.9 Å². The lowest BCUT2D eigenvalue weighted by molar-refractivity contribution is -0.0907. The van der Waals surface area contributed by atoms with Gasteiger partial charge >= 0.3 is 6.09 Å². The van der Waals surface area contributed by atoms with Crippen molar-refractivity contribution in [2.24, 2.45) is 16.8 Å². The van der Waals surface area contributed by atoms with Crippen LogP contribution >= 0.6 is 0 Å². The van der Waals surface area contributed by atoms with E-state index in [2.05, 4.69) is 10.3 Å². The topological polar surface area (TPSA) is 116 Å². The number of ether oxygens (including phenoxy) is 4. The smallest absolute Gasteiger partial charge is 0.408 e. The van der Waals surface area contributed by atoms with Gasteiger partial charge in [0.2, 0.25) is 10.0 Å². The highest BCUT2D eigenvalue weighted by atomic mass is 32.2. The van der Waals surface area contributed by atoms with Gasteiger partial charge in [-0.05, 0) is 48.6 Å². The van der Waals surface area contributed by atoms with Gasteiger partial charge < -0.3 is 24.3 Å². The Morgan fingerprint density at radius 3 is 2.50 bits per heavy atom. The molecule has 2 saturated heterocycles. The molecular weight excluding hydrogens is 534 g/mol. The molecule has 11 heteroatoms. The number of aliphatic imine (C=N–C) groups is 1. The standard InChI is InChI=1S/C29H39N3O7S/c1-20(2)17-32(40(34,35)23-12-10-22(36-4)11-13-23)18-26(30-3)25(16-21-8-6-5-7-9-21)31-29(33)39-27-19-38-28-24(27)14-15-37-28/h5-13,20,24-25,27-28H,14-19H2,1-4H3,(H,31,33)/t24-,25-,27-,28+/m0/s1. The number of sulfonamides is 1. The minimum atomic E-state index is -3.87. The molecule has 0 bridgehead atoms. The summed E-state index contributed by atoms with van der Waals surface area (Å²) in [6.07, 6.45) is -0.155. The molecule has 0 aliphatic carbocycles. The average Bonchev–Trinajstić information content (AvgIpc) is 3.56. The Labute approximate surface area is 236 Å². The van der Waals surface area contributed by atoms with E-state index in [1.165, 1.54) is 23.5 Å². The van der Waals surface area contributed by atoms with Crippen LogP contribution in [0.5, 0.6) is 5.75 Å². The summed E-state index contributed by atoms with van der Waals surface area (Å²) in [6.45, 7) is 5.06. The average molecular weight is 574 g/mol. The van der Waals surface area contributed by atoms with Crippen LogP contribution in [0.15, 0.2) is 64.5 Å². The van der Waals surface area contributed by atoms with Crippen molar-refractivity contribution >= 4 is 21.8 Å². The summed E-state index contributed by atoms with van der Waals surface area (Å²) in [6, 6.07) is 15.4. The first-order valence-corrected chi connectivity index (χ1v) is 15.0. The Morgan fingerprint density at radius 2 is 1.85 bits per heavy atom. The Balaban J connectivity index is 1.56. The SMILES string of the molecule is CN=C(CN(CC(C)C)S(=O)(=O)c1ccc(OC)cc1)[C@H](Cc1ccccc1)NC(=O)O[C@H]1CO[C@H]2OCC[C@H]21. The molecule has 2 aromatic rings. The molecule has 4 atom stereocenters. The van der Waals surface area contributed by atoms with Crippen LogP contribution in [0, 0.1) is 11.8 Å². The van der Waals surface area contributed by atoms with Gasteiger partial charge in [-0.3, -0.25) is 4.99 Å². The van der Waals surface area contributed by atoms with Crippen LogP contribution in [-0.4, -0.2) is 83.4 Å². The van der Waals surface area contributed by atoms with E-state index in [1.54, 1.807) is 19.2 Å². The number of nitrogens with one attached hydrogen (secondary N) is 1. The minimum Gasteiger partial charge on any atom is -0.497 e. The second-order valence-corrected chi connectivity index (χ2v) is 12.4. The van der Waals surface area contributed by atoms with Crippen molar-refractivity contribution < 1.29 is 32.2 Å². The first-order valence-electron chi connectivity index (χ1n) is 13.5. The lowest BCUT2D eigenvalue weighted by Gasteiger charge is -2.28. The lowest BCUT2D eigenvalue weighted by Crippen LogP contribution is -2.49. The van der Waals surface area contributed by atoms with Gasteiger partial charge in [-0.15, -0.1) is 0 Å². The molecule has 2 aliphatic rings. The summed E-state index contributed by atoms with van der Waals surface area (Å²) < 4.78 is 51.0. The largest absolute Gasteiger partial charge is 0.497 e. The van der Waals surface area contributed by atoms with Crippen LogP contribution in [0.25, 0.3) is 0 Å². The minimum absolute atomic E-state index is 0.00585. The molecule has 10 nitrogen and oxygen atoms in total. The van der Waals surface area contributed by atoms with E-state index in [1.807, 2.05) is 44.2 Å². The number of carbonyl (C=O) groups excluding carboxylic acids is 1. The lowest BCUT2D eigenvalue weighted by atomic mass is 10.0. The van der Waals surface area contributed by atoms with Gasteiger partial charge in [-0.25, -0.2) is 13.2 Å². The van der Waals surface area contributed by atoms with Crippen LogP contribution in [0.3, 0.4) is 0 Å². The van der Waals surface area contributed by atoms with Crippen LogP contribution in [0.4, 0.5) is 4.79 Å². The van der Waals surface area contributed by atoms with E-state index >= 15 is 0 Å². The Bertz CT molecular complexity index is 1250. The van der Waals surface area contributed by atoms with E-state index in [9.17, 15) is 13.2 Å². The number of benzene rings is 2. The van der Waals surface area contributed by atoms with Crippen molar-refractivity contribution in [3.05, 3.63) is 60.2 Å². The summed E-state index contributed by atoms with van der Waals surface area (Å²) in [4.78, 5) is 17.8. The number of methoxy groups -OCH3 is 1. The maximum absolute atomic E-state index is 13.8. The molecule has 1 N–H and O–H groups in total. The highest BCUT2D eigenvalue weighted by Crippen LogP contribution is 2.33. The molecule has 0 aromatic heterocycles. The molecule has 2 aliphatic heterocycles. The summed E-state index contributed by atoms with van der Waals surface area (Å²) in [5.74, 6) is 0.633. The molecule has 2 aromatic carbocycles. The van der Waals surface area contributed by atoms with Crippen LogP contribution in [0.1, 0.15) is 25.8 Å². The third-order valence-corrected chi connectivity index (χ3v) is 8.94. The highest BCUT2D eigenvalue weighted by Gasteiger charge is 2.44. The maximum atomic E-state index is 13.8. The number of rotatable bonds is 12. The van der Waals surface area contributed by atoms with E-state index in [-0.39, 0.29) is 42.7 Å². The van der Waals surface area contributed by atoms with Crippen molar-refractivity contribution in [3.63, 3.8) is 0 Å². The molecule has 0 unspecified atom stereocenters. The van der Waals surface area contributed by atoms with E-state index < -0.39 is 28.3 Å². The summed E-state index contributed by atoms with van der Waals surface area (Å²) >= 11 is 0. The first kappa shape index (κ1) is 30.0. The number of carbonyl (C=O) groups is 1. The Kier molecular flexibility index (Phi) is 10.2. The molecule has 1 amide bonds. The van der Waals surface area contributed by atoms with Crippen LogP contribution in [0.2, 0.25) is 0 Å². The fourth-order valence-corrected chi connectivity index (χ4v) is 6.61. The third-order valence-electron chi connectivity index (χ3n) is 7.11. The third kappa shape index (κ3) is 7.39. The first-order chi connectivity index (χ1) is 19.2. The maximum Gasteiger partial charge on any atom is 0.408 e. The molecular formula is C29H39N3O7S. The fourth-order valence-electron chi connectivity index (χ4n) is 5.03. The van der Waals surface area contributed by atoms with Crippen molar-refractivity contribution in [2.45, 2.75) is 50.0 Å². The zero-order valence-corrected chi connectivity index (χ0v) is 24.3. The van der Waals surface area contributed by atoms with Gasteiger partial charge in [-0.1, -0.05) is 44.2 Å². The number of hydrogen-bond acceptors (Lipinski definition) is 8. The molecule has 40 heavy (non-hydrogen) atoms. The summed E-state index contributed by atoms with van der Waals surface area (Å²) in [5, 5.41) is 2.96.